The van der Waals surface area contributed by atoms with Gasteiger partial charge in [-0.15, -0.1) is 0 Å². The Morgan fingerprint density at radius 2 is 1.61 bits per heavy atom. The lowest BCUT2D eigenvalue weighted by molar-refractivity contribution is -0.154. The molecule has 214 valence electrons. The molecular formula is C30H26F3NO7. The predicted octanol–water partition coefficient (Wildman–Crippen LogP) is 6.85. The van der Waals surface area contributed by atoms with E-state index in [4.69, 9.17) is 18.6 Å². The summed E-state index contributed by atoms with van der Waals surface area (Å²) in [5.74, 6) is -4.08. The van der Waals surface area contributed by atoms with E-state index in [2.05, 4.69) is 5.32 Å². The fourth-order valence-electron chi connectivity index (χ4n) is 3.85. The summed E-state index contributed by atoms with van der Waals surface area (Å²) in [6.45, 7) is 3.50. The number of rotatable bonds is 9. The van der Waals surface area contributed by atoms with Crippen molar-refractivity contribution in [3.05, 3.63) is 100 Å². The van der Waals surface area contributed by atoms with E-state index in [1.165, 1.54) is 36.4 Å². The lowest BCUT2D eigenvalue weighted by Gasteiger charge is -2.22. The third-order valence-corrected chi connectivity index (χ3v) is 6.21. The van der Waals surface area contributed by atoms with E-state index in [0.717, 1.165) is 11.6 Å². The molecule has 0 aliphatic rings. The van der Waals surface area contributed by atoms with Crippen LogP contribution in [0, 0.1) is 5.92 Å². The normalized spacial score (nSPS) is 12.8. The van der Waals surface area contributed by atoms with Gasteiger partial charge in [0.1, 0.15) is 29.7 Å². The van der Waals surface area contributed by atoms with Crippen molar-refractivity contribution in [1.82, 2.24) is 5.32 Å². The molecule has 4 rings (SSSR count). The van der Waals surface area contributed by atoms with E-state index in [-0.39, 0.29) is 29.4 Å². The first-order chi connectivity index (χ1) is 19.6. The average molecular weight is 570 g/mol. The number of carbonyl (C=O) groups excluding carboxylic acids is 2. The van der Waals surface area contributed by atoms with Crippen LogP contribution in [0.25, 0.3) is 11.0 Å². The van der Waals surface area contributed by atoms with Crippen molar-refractivity contribution in [3.8, 4) is 17.2 Å². The Balaban J connectivity index is 1.57. The lowest BCUT2D eigenvalue weighted by atomic mass is 9.99. The molecule has 11 heteroatoms. The number of hydrogen-bond donors (Lipinski definition) is 1. The Kier molecular flexibility index (Phi) is 8.96. The second-order valence-corrected chi connectivity index (χ2v) is 9.15. The fraction of sp³-hybridized carbons (Fsp3) is 0.233. The maximum atomic E-state index is 13.8. The molecule has 0 radical (unpaired) electrons. The summed E-state index contributed by atoms with van der Waals surface area (Å²) < 4.78 is 62.4. The van der Waals surface area contributed by atoms with Crippen LogP contribution in [0.1, 0.15) is 31.6 Å². The number of para-hydroxylation sites is 1. The molecule has 0 saturated heterocycles. The molecule has 2 atom stereocenters. The van der Waals surface area contributed by atoms with Crippen molar-refractivity contribution in [1.29, 1.82) is 0 Å². The summed E-state index contributed by atoms with van der Waals surface area (Å²) in [7, 11) is 0. The number of esters is 1. The maximum Gasteiger partial charge on any atom is 0.453 e. The molecule has 1 aromatic heterocycles. The van der Waals surface area contributed by atoms with E-state index < -0.39 is 46.8 Å². The molecule has 8 nitrogen and oxygen atoms in total. The van der Waals surface area contributed by atoms with Crippen LogP contribution in [0.3, 0.4) is 0 Å². The first kappa shape index (κ1) is 29.2. The Morgan fingerprint density at radius 3 is 2.24 bits per heavy atom. The number of amides is 1. The van der Waals surface area contributed by atoms with Crippen molar-refractivity contribution >= 4 is 23.0 Å². The molecule has 0 aliphatic carbocycles. The Bertz CT molecular complexity index is 1570. The molecule has 1 N–H and O–H groups in total. The van der Waals surface area contributed by atoms with Gasteiger partial charge in [0.25, 0.3) is 5.76 Å². The van der Waals surface area contributed by atoms with Crippen LogP contribution >= 0.6 is 0 Å². The molecule has 3 aromatic carbocycles. The van der Waals surface area contributed by atoms with E-state index in [1.54, 1.807) is 44.2 Å². The van der Waals surface area contributed by atoms with Crippen LogP contribution in [0.4, 0.5) is 18.0 Å². The highest BCUT2D eigenvalue weighted by Crippen LogP contribution is 2.38. The Morgan fingerprint density at radius 1 is 0.951 bits per heavy atom. The third-order valence-electron chi connectivity index (χ3n) is 6.21. The molecule has 0 unspecified atom stereocenters. The van der Waals surface area contributed by atoms with Gasteiger partial charge in [-0.05, 0) is 35.7 Å². The van der Waals surface area contributed by atoms with Gasteiger partial charge in [0.05, 0.1) is 5.39 Å². The summed E-state index contributed by atoms with van der Waals surface area (Å²) in [4.78, 5) is 38.4. The second kappa shape index (κ2) is 12.6. The zero-order valence-electron chi connectivity index (χ0n) is 22.1. The van der Waals surface area contributed by atoms with Crippen LogP contribution < -0.4 is 20.2 Å². The van der Waals surface area contributed by atoms with Crippen LogP contribution in [-0.2, 0) is 22.3 Å². The highest BCUT2D eigenvalue weighted by Gasteiger charge is 2.40. The number of benzene rings is 3. The minimum absolute atomic E-state index is 0.0149. The van der Waals surface area contributed by atoms with Crippen molar-refractivity contribution in [2.24, 2.45) is 5.92 Å². The zero-order chi connectivity index (χ0) is 29.6. The number of alkyl halides is 3. The molecule has 1 heterocycles. The summed E-state index contributed by atoms with van der Waals surface area (Å²) in [5, 5.41) is 2.27. The van der Waals surface area contributed by atoms with Gasteiger partial charge >= 0.3 is 18.2 Å². The maximum absolute atomic E-state index is 13.8. The molecule has 0 bridgehead atoms. The molecule has 0 fully saturated rings. The molecule has 1 amide bonds. The third kappa shape index (κ3) is 7.24. The largest absolute Gasteiger partial charge is 0.453 e. The zero-order valence-corrected chi connectivity index (χ0v) is 22.1. The molecule has 0 spiro atoms. The van der Waals surface area contributed by atoms with Crippen molar-refractivity contribution in [2.75, 3.05) is 0 Å². The second-order valence-electron chi connectivity index (χ2n) is 9.15. The topological polar surface area (TPSA) is 104 Å². The van der Waals surface area contributed by atoms with E-state index in [1.807, 2.05) is 6.07 Å². The molecular weight excluding hydrogens is 543 g/mol. The van der Waals surface area contributed by atoms with Crippen molar-refractivity contribution < 1.29 is 41.4 Å². The quantitative estimate of drug-likeness (QED) is 0.174. The minimum Gasteiger partial charge on any atom is -0.449 e. The smallest absolute Gasteiger partial charge is 0.449 e. The number of carbonyl (C=O) groups is 2. The highest BCUT2D eigenvalue weighted by atomic mass is 19.4. The summed E-state index contributed by atoms with van der Waals surface area (Å²) in [6.07, 6.45) is -5.42. The van der Waals surface area contributed by atoms with Crippen molar-refractivity contribution in [3.63, 3.8) is 0 Å². The van der Waals surface area contributed by atoms with Gasteiger partial charge in [-0.25, -0.2) is 9.59 Å². The number of halogens is 3. The predicted molar refractivity (Wildman–Crippen MR) is 143 cm³/mol. The Labute approximate surface area is 232 Å². The van der Waals surface area contributed by atoms with Gasteiger partial charge < -0.3 is 23.9 Å². The van der Waals surface area contributed by atoms with Crippen LogP contribution in [0.2, 0.25) is 0 Å². The van der Waals surface area contributed by atoms with Gasteiger partial charge in [0.2, 0.25) is 11.2 Å². The number of alkyl carbamates (subject to hydrolysis) is 1. The molecule has 0 aliphatic heterocycles. The van der Waals surface area contributed by atoms with Crippen molar-refractivity contribution in [2.45, 2.75) is 39.1 Å². The summed E-state index contributed by atoms with van der Waals surface area (Å²) in [5.41, 5.74) is -0.775. The molecule has 4 aromatic rings. The number of nitrogens with one attached hydrogen (secondary N) is 1. The fourth-order valence-corrected chi connectivity index (χ4v) is 3.85. The first-order valence-corrected chi connectivity index (χ1v) is 12.7. The summed E-state index contributed by atoms with van der Waals surface area (Å²) >= 11 is 0. The SMILES string of the molecule is CC[C@H](C)[C@H](NC(=O)OCc1ccccc1)C(=O)Oc1ccc2c(=O)c(Oc3ccccc3)c(C(F)(F)F)oc2c1. The molecule has 0 saturated carbocycles. The minimum atomic E-state index is -5.06. The number of fused-ring (bicyclic) bond motifs is 1. The van der Waals surface area contributed by atoms with Gasteiger partial charge in [-0.1, -0.05) is 68.8 Å². The van der Waals surface area contributed by atoms with E-state index in [0.29, 0.717) is 6.42 Å². The van der Waals surface area contributed by atoms with Crippen LogP contribution in [0.15, 0.2) is 88.1 Å². The Hall–Kier alpha value is -4.80. The van der Waals surface area contributed by atoms with Gasteiger partial charge in [-0.2, -0.15) is 13.2 Å². The van der Waals surface area contributed by atoms with Crippen LogP contribution in [0.5, 0.6) is 17.2 Å². The standard InChI is InChI=1S/C30H26F3NO7/c1-3-18(2)24(34-29(37)38-17-19-10-6-4-7-11-19)28(36)40-21-14-15-22-23(16-21)41-27(30(31,32)33)26(25(22)35)39-20-12-8-5-9-13-20/h4-16,18,24H,3,17H2,1-2H3,(H,34,37)/t18-,24-/m0/s1. The van der Waals surface area contributed by atoms with E-state index in [9.17, 15) is 27.6 Å². The van der Waals surface area contributed by atoms with Gasteiger partial charge in [0.15, 0.2) is 0 Å². The van der Waals surface area contributed by atoms with E-state index >= 15 is 0 Å². The first-order valence-electron chi connectivity index (χ1n) is 12.7. The number of hydrogen-bond acceptors (Lipinski definition) is 7. The summed E-state index contributed by atoms with van der Waals surface area (Å²) in [6, 6.07) is 18.7. The monoisotopic (exact) mass is 569 g/mol. The van der Waals surface area contributed by atoms with Gasteiger partial charge in [-0.3, -0.25) is 4.79 Å². The average Bonchev–Trinajstić information content (AvgIpc) is 2.96. The lowest BCUT2D eigenvalue weighted by Crippen LogP contribution is -2.47. The van der Waals surface area contributed by atoms with Crippen LogP contribution in [-0.4, -0.2) is 18.1 Å². The highest BCUT2D eigenvalue weighted by molar-refractivity contribution is 5.85. The molecule has 41 heavy (non-hydrogen) atoms. The number of ether oxygens (including phenoxy) is 3. The van der Waals surface area contributed by atoms with Gasteiger partial charge in [0, 0.05) is 6.07 Å².